The van der Waals surface area contributed by atoms with Crippen LogP contribution in [0.25, 0.3) is 0 Å². The number of pyridine rings is 1. The van der Waals surface area contributed by atoms with E-state index in [2.05, 4.69) is 10.1 Å². The lowest BCUT2D eigenvalue weighted by molar-refractivity contribution is -0.192. The van der Waals surface area contributed by atoms with Crippen molar-refractivity contribution in [2.75, 3.05) is 18.8 Å². The number of likely N-dealkylation sites (tertiary alicyclic amines) is 1. The van der Waals surface area contributed by atoms with Gasteiger partial charge in [0.25, 0.3) is 5.91 Å². The molecular formula is C18H18F3N3O5S. The molecule has 4 heterocycles. The van der Waals surface area contributed by atoms with Crippen molar-refractivity contribution >= 4 is 23.6 Å². The Morgan fingerprint density at radius 3 is 2.63 bits per heavy atom. The Balaban J connectivity index is 0.000000318. The highest BCUT2D eigenvalue weighted by molar-refractivity contribution is 8.01. The van der Waals surface area contributed by atoms with Gasteiger partial charge in [0.05, 0.1) is 10.9 Å². The zero-order valence-electron chi connectivity index (χ0n) is 15.8. The van der Waals surface area contributed by atoms with E-state index in [1.807, 2.05) is 28.8 Å². The number of hydrogen-bond acceptors (Lipinski definition) is 7. The molecule has 162 valence electrons. The molecule has 0 bridgehead atoms. The molecule has 1 amide bonds. The second-order valence-electron chi connectivity index (χ2n) is 6.91. The van der Waals surface area contributed by atoms with Crippen molar-refractivity contribution in [3.63, 3.8) is 0 Å². The van der Waals surface area contributed by atoms with Crippen molar-refractivity contribution in [1.82, 2.24) is 15.0 Å². The van der Waals surface area contributed by atoms with Crippen LogP contribution in [0.1, 0.15) is 22.7 Å². The summed E-state index contributed by atoms with van der Waals surface area (Å²) in [7, 11) is 0. The van der Waals surface area contributed by atoms with E-state index in [0.717, 1.165) is 31.0 Å². The second kappa shape index (κ2) is 8.54. The quantitative estimate of drug-likeness (QED) is 0.769. The molecule has 1 spiro atoms. The summed E-state index contributed by atoms with van der Waals surface area (Å²) in [6.45, 7) is 3.28. The lowest BCUT2D eigenvalue weighted by atomic mass is 9.92. The fraction of sp³-hybridized carbons (Fsp3) is 0.444. The molecule has 12 heteroatoms. The molecule has 1 unspecified atom stereocenters. The molecule has 2 saturated heterocycles. The number of thioether (sulfide) groups is 1. The van der Waals surface area contributed by atoms with Crippen LogP contribution in [0, 0.1) is 6.92 Å². The molecule has 1 N–H and O–H groups in total. The van der Waals surface area contributed by atoms with E-state index in [1.165, 1.54) is 0 Å². The van der Waals surface area contributed by atoms with E-state index >= 15 is 0 Å². The number of carbonyl (C=O) groups excluding carboxylic acids is 1. The monoisotopic (exact) mass is 445 g/mol. The molecule has 2 aromatic rings. The van der Waals surface area contributed by atoms with E-state index in [-0.39, 0.29) is 16.8 Å². The van der Waals surface area contributed by atoms with E-state index in [0.29, 0.717) is 11.5 Å². The standard InChI is InChI=1S/C16H17N3O3S.C2HF3O2/c1-11-5-14(18-22-11)15(20)19-9-16(10-19)6-13(8-23-16)21-12-3-2-4-17-7-12;3-2(4,5)1(6)7/h2-5,7,13H,6,8-10H2,1H3;(H,6,7). The number of carboxylic acids is 1. The van der Waals surface area contributed by atoms with Crippen LogP contribution >= 0.6 is 11.8 Å². The fourth-order valence-electron chi connectivity index (χ4n) is 3.13. The SMILES string of the molecule is Cc1cc(C(=O)N2CC3(CC(Oc4cccnc4)CS3)C2)no1.O=C(O)C(F)(F)F. The number of aryl methyl sites for hydroxylation is 1. The van der Waals surface area contributed by atoms with Crippen molar-refractivity contribution in [3.8, 4) is 5.75 Å². The maximum atomic E-state index is 12.3. The Morgan fingerprint density at radius 2 is 2.10 bits per heavy atom. The van der Waals surface area contributed by atoms with Gasteiger partial charge in [-0.05, 0) is 19.1 Å². The van der Waals surface area contributed by atoms with Crippen molar-refractivity contribution in [2.45, 2.75) is 30.4 Å². The van der Waals surface area contributed by atoms with Crippen LogP contribution in [0.5, 0.6) is 5.75 Å². The maximum Gasteiger partial charge on any atom is 0.490 e. The summed E-state index contributed by atoms with van der Waals surface area (Å²) in [4.78, 5) is 27.1. The average Bonchev–Trinajstić information content (AvgIpc) is 3.27. The Hall–Kier alpha value is -2.76. The van der Waals surface area contributed by atoms with Crippen LogP contribution in [0.4, 0.5) is 13.2 Å². The number of nitrogens with zero attached hydrogens (tertiary/aromatic N) is 3. The minimum absolute atomic E-state index is 0.0512. The first-order chi connectivity index (χ1) is 14.1. The number of halogens is 3. The summed E-state index contributed by atoms with van der Waals surface area (Å²) >= 11 is 1.90. The smallest absolute Gasteiger partial charge is 0.488 e. The molecule has 2 aromatic heterocycles. The maximum absolute atomic E-state index is 12.3. The van der Waals surface area contributed by atoms with Gasteiger partial charge in [-0.25, -0.2) is 4.79 Å². The van der Waals surface area contributed by atoms with Crippen LogP contribution in [0.15, 0.2) is 35.1 Å². The first-order valence-corrected chi connectivity index (χ1v) is 9.80. The zero-order valence-corrected chi connectivity index (χ0v) is 16.6. The van der Waals surface area contributed by atoms with Gasteiger partial charge in [-0.2, -0.15) is 13.2 Å². The molecule has 1 atom stereocenters. The minimum atomic E-state index is -5.08. The second-order valence-corrected chi connectivity index (χ2v) is 8.40. The van der Waals surface area contributed by atoms with Crippen molar-refractivity contribution in [1.29, 1.82) is 0 Å². The summed E-state index contributed by atoms with van der Waals surface area (Å²) in [6.07, 6.45) is -0.484. The topological polar surface area (TPSA) is 106 Å². The number of aromatic nitrogens is 2. The molecule has 30 heavy (non-hydrogen) atoms. The number of aliphatic carboxylic acids is 1. The number of rotatable bonds is 3. The van der Waals surface area contributed by atoms with Crippen LogP contribution < -0.4 is 4.74 Å². The highest BCUT2D eigenvalue weighted by atomic mass is 32.2. The van der Waals surface area contributed by atoms with E-state index in [4.69, 9.17) is 19.2 Å². The van der Waals surface area contributed by atoms with E-state index in [9.17, 15) is 18.0 Å². The Bertz CT molecular complexity index is 900. The number of hydrogen-bond donors (Lipinski definition) is 1. The zero-order chi connectivity index (χ0) is 21.9. The largest absolute Gasteiger partial charge is 0.490 e. The van der Waals surface area contributed by atoms with Gasteiger partial charge in [0.1, 0.15) is 17.6 Å². The van der Waals surface area contributed by atoms with Gasteiger partial charge in [0.2, 0.25) is 0 Å². The van der Waals surface area contributed by atoms with Crippen LogP contribution in [0.2, 0.25) is 0 Å². The fourth-order valence-corrected chi connectivity index (χ4v) is 4.65. The molecule has 0 radical (unpaired) electrons. The Kier molecular flexibility index (Phi) is 6.25. The van der Waals surface area contributed by atoms with Crippen LogP contribution in [-0.2, 0) is 4.79 Å². The van der Waals surface area contributed by atoms with Crippen molar-refractivity contribution in [3.05, 3.63) is 42.0 Å². The summed E-state index contributed by atoms with van der Waals surface area (Å²) < 4.78 is 42.8. The van der Waals surface area contributed by atoms with Gasteiger partial charge >= 0.3 is 12.1 Å². The van der Waals surface area contributed by atoms with Gasteiger partial charge in [0.15, 0.2) is 5.69 Å². The average molecular weight is 445 g/mol. The molecule has 0 aromatic carbocycles. The van der Waals surface area contributed by atoms with Gasteiger partial charge in [-0.3, -0.25) is 9.78 Å². The van der Waals surface area contributed by atoms with E-state index < -0.39 is 12.1 Å². The normalized spacial score (nSPS) is 19.6. The number of alkyl halides is 3. The first-order valence-electron chi connectivity index (χ1n) is 8.81. The van der Waals surface area contributed by atoms with Crippen molar-refractivity contribution < 1.29 is 37.1 Å². The predicted octanol–water partition coefficient (Wildman–Crippen LogP) is 2.79. The van der Waals surface area contributed by atoms with Crippen molar-refractivity contribution in [2.24, 2.45) is 0 Å². The summed E-state index contributed by atoms with van der Waals surface area (Å²) in [5, 5.41) is 10.9. The number of carbonyl (C=O) groups is 2. The third-order valence-corrected chi connectivity index (χ3v) is 6.02. The minimum Gasteiger partial charge on any atom is -0.488 e. The summed E-state index contributed by atoms with van der Waals surface area (Å²) in [5.41, 5.74) is 0.392. The van der Waals surface area contributed by atoms with Gasteiger partial charge < -0.3 is 19.3 Å². The number of carboxylic acid groups (broad SMARTS) is 1. The molecule has 0 saturated carbocycles. The summed E-state index contributed by atoms with van der Waals surface area (Å²) in [6, 6.07) is 5.48. The first kappa shape index (κ1) is 21.9. The van der Waals surface area contributed by atoms with Crippen LogP contribution in [0.3, 0.4) is 0 Å². The third kappa shape index (κ3) is 5.23. The lowest BCUT2D eigenvalue weighted by Crippen LogP contribution is -2.60. The third-order valence-electron chi connectivity index (χ3n) is 4.45. The van der Waals surface area contributed by atoms with Crippen LogP contribution in [-0.4, -0.2) is 67.9 Å². The molecule has 2 aliphatic heterocycles. The molecule has 0 aliphatic carbocycles. The molecule has 2 aliphatic rings. The molecule has 8 nitrogen and oxygen atoms in total. The molecule has 2 fully saturated rings. The van der Waals surface area contributed by atoms with Gasteiger partial charge in [-0.15, -0.1) is 11.8 Å². The number of amides is 1. The Labute approximate surface area is 173 Å². The number of ether oxygens (including phenoxy) is 1. The predicted molar refractivity (Wildman–Crippen MR) is 99.3 cm³/mol. The summed E-state index contributed by atoms with van der Waals surface area (Å²) in [5.74, 6) is -0.401. The van der Waals surface area contributed by atoms with Gasteiger partial charge in [-0.1, -0.05) is 5.16 Å². The van der Waals surface area contributed by atoms with Gasteiger partial charge in [0, 0.05) is 37.5 Å². The highest BCUT2D eigenvalue weighted by Crippen LogP contribution is 2.46. The molecular weight excluding hydrogens is 427 g/mol. The van der Waals surface area contributed by atoms with E-state index in [1.54, 1.807) is 25.4 Å². The highest BCUT2D eigenvalue weighted by Gasteiger charge is 2.51. The Morgan fingerprint density at radius 1 is 1.40 bits per heavy atom. The molecule has 4 rings (SSSR count). The lowest BCUT2D eigenvalue weighted by Gasteiger charge is -2.47.